The van der Waals surface area contributed by atoms with Gasteiger partial charge in [-0.05, 0) is 28.1 Å². The molecule has 0 aliphatic heterocycles. The summed E-state index contributed by atoms with van der Waals surface area (Å²) < 4.78 is 19.6. The zero-order valence-electron chi connectivity index (χ0n) is 11.4. The summed E-state index contributed by atoms with van der Waals surface area (Å²) in [5.74, 6) is 0.263. The Bertz CT molecular complexity index is 393. The molecule has 0 aliphatic carbocycles. The highest BCUT2D eigenvalue weighted by molar-refractivity contribution is 9.10. The summed E-state index contributed by atoms with van der Waals surface area (Å²) in [5, 5.41) is 3.38. The summed E-state index contributed by atoms with van der Waals surface area (Å²) in [6.45, 7) is 9.86. The second kappa shape index (κ2) is 6.53. The van der Waals surface area contributed by atoms with E-state index in [0.717, 1.165) is 11.0 Å². The molecule has 0 saturated carbocycles. The first-order chi connectivity index (χ1) is 8.30. The van der Waals surface area contributed by atoms with Crippen LogP contribution < -0.4 is 10.1 Å². The number of nitrogens with one attached hydrogen (secondary N) is 1. The highest BCUT2D eigenvalue weighted by Crippen LogP contribution is 2.27. The third-order valence-electron chi connectivity index (χ3n) is 2.50. The van der Waals surface area contributed by atoms with Crippen LogP contribution in [-0.4, -0.2) is 19.2 Å². The second-order valence-corrected chi connectivity index (χ2v) is 6.42. The third kappa shape index (κ3) is 5.36. The molecule has 0 atom stereocenters. The van der Waals surface area contributed by atoms with Crippen LogP contribution in [0.3, 0.4) is 0 Å². The first-order valence-electron chi connectivity index (χ1n) is 6.11. The molecule has 0 unspecified atom stereocenters. The third-order valence-corrected chi connectivity index (χ3v) is 3.16. The van der Waals surface area contributed by atoms with Gasteiger partial charge in [0.05, 0.1) is 11.1 Å². The van der Waals surface area contributed by atoms with Gasteiger partial charge in [0, 0.05) is 24.1 Å². The predicted octanol–water partition coefficient (Wildman–Crippen LogP) is 3.99. The van der Waals surface area contributed by atoms with Crippen LogP contribution in [0, 0.1) is 11.2 Å². The Morgan fingerprint density at radius 3 is 2.67 bits per heavy atom. The van der Waals surface area contributed by atoms with Crippen molar-refractivity contribution in [3.05, 3.63) is 28.5 Å². The summed E-state index contributed by atoms with van der Waals surface area (Å²) in [6.07, 6.45) is 0. The van der Waals surface area contributed by atoms with Gasteiger partial charge < -0.3 is 10.1 Å². The van der Waals surface area contributed by atoms with Crippen molar-refractivity contribution in [3.8, 4) is 5.75 Å². The van der Waals surface area contributed by atoms with E-state index in [4.69, 9.17) is 4.74 Å². The van der Waals surface area contributed by atoms with Gasteiger partial charge in [0.2, 0.25) is 0 Å². The first kappa shape index (κ1) is 15.4. The average Bonchev–Trinajstić information content (AvgIpc) is 2.28. The number of benzene rings is 1. The van der Waals surface area contributed by atoms with Crippen LogP contribution in [-0.2, 0) is 0 Å². The fourth-order valence-corrected chi connectivity index (χ4v) is 1.75. The maximum Gasteiger partial charge on any atom is 0.136 e. The minimum Gasteiger partial charge on any atom is -0.492 e. The molecule has 0 amide bonds. The Morgan fingerprint density at radius 2 is 2.06 bits per heavy atom. The quantitative estimate of drug-likeness (QED) is 0.856. The van der Waals surface area contributed by atoms with Crippen molar-refractivity contribution in [1.82, 2.24) is 5.32 Å². The Morgan fingerprint density at radius 1 is 1.39 bits per heavy atom. The molecule has 0 saturated heterocycles. The molecule has 18 heavy (non-hydrogen) atoms. The predicted molar refractivity (Wildman–Crippen MR) is 76.5 cm³/mol. The fraction of sp³-hybridized carbons (Fsp3) is 0.571. The first-order valence-corrected chi connectivity index (χ1v) is 6.91. The van der Waals surface area contributed by atoms with E-state index in [1.165, 1.54) is 12.1 Å². The van der Waals surface area contributed by atoms with Crippen molar-refractivity contribution in [3.63, 3.8) is 0 Å². The minimum absolute atomic E-state index is 0.00394. The Hall–Kier alpha value is -0.610. The molecule has 0 bridgehead atoms. The van der Waals surface area contributed by atoms with Gasteiger partial charge in [0.15, 0.2) is 0 Å². The molecule has 1 aromatic rings. The molecule has 102 valence electrons. The number of ether oxygens (including phenoxy) is 1. The maximum absolute atomic E-state index is 13.1. The molecule has 0 fully saturated rings. The van der Waals surface area contributed by atoms with E-state index >= 15 is 0 Å². The zero-order chi connectivity index (χ0) is 13.8. The van der Waals surface area contributed by atoms with Crippen LogP contribution in [0.4, 0.5) is 4.39 Å². The van der Waals surface area contributed by atoms with E-state index in [9.17, 15) is 4.39 Å². The molecular weight excluding hydrogens is 297 g/mol. The second-order valence-electron chi connectivity index (χ2n) is 5.56. The van der Waals surface area contributed by atoms with E-state index in [0.29, 0.717) is 18.4 Å². The van der Waals surface area contributed by atoms with Crippen molar-refractivity contribution < 1.29 is 9.13 Å². The van der Waals surface area contributed by atoms with E-state index in [1.54, 1.807) is 6.07 Å². The molecular formula is C14H21BrFNO. The van der Waals surface area contributed by atoms with Crippen molar-refractivity contribution in [2.75, 3.05) is 13.2 Å². The van der Waals surface area contributed by atoms with Gasteiger partial charge in [-0.1, -0.05) is 27.7 Å². The lowest BCUT2D eigenvalue weighted by atomic mass is 9.94. The van der Waals surface area contributed by atoms with Gasteiger partial charge in [-0.25, -0.2) is 4.39 Å². The van der Waals surface area contributed by atoms with Crippen molar-refractivity contribution in [2.45, 2.75) is 33.7 Å². The van der Waals surface area contributed by atoms with E-state index < -0.39 is 0 Å². The normalized spacial score (nSPS) is 11.9. The zero-order valence-corrected chi connectivity index (χ0v) is 13.0. The molecule has 4 heteroatoms. The molecule has 2 nitrogen and oxygen atoms in total. The van der Waals surface area contributed by atoms with Gasteiger partial charge in [-0.15, -0.1) is 0 Å². The minimum atomic E-state index is -0.286. The van der Waals surface area contributed by atoms with Crippen LogP contribution in [0.1, 0.15) is 27.7 Å². The van der Waals surface area contributed by atoms with Crippen molar-refractivity contribution in [2.24, 2.45) is 5.41 Å². The van der Waals surface area contributed by atoms with Crippen molar-refractivity contribution in [1.29, 1.82) is 0 Å². The number of hydrogen-bond donors (Lipinski definition) is 1. The van der Waals surface area contributed by atoms with Crippen LogP contribution >= 0.6 is 15.9 Å². The van der Waals surface area contributed by atoms with Gasteiger partial charge in [0.25, 0.3) is 0 Å². The van der Waals surface area contributed by atoms with Gasteiger partial charge in [-0.3, -0.25) is 0 Å². The maximum atomic E-state index is 13.1. The summed E-state index contributed by atoms with van der Waals surface area (Å²) >= 11 is 3.35. The topological polar surface area (TPSA) is 21.3 Å². The van der Waals surface area contributed by atoms with Crippen molar-refractivity contribution >= 4 is 15.9 Å². The molecule has 1 rings (SSSR count). The summed E-state index contributed by atoms with van der Waals surface area (Å²) in [7, 11) is 0. The molecule has 0 heterocycles. The monoisotopic (exact) mass is 317 g/mol. The van der Waals surface area contributed by atoms with Crippen LogP contribution in [0.2, 0.25) is 0 Å². The Labute approximate surface area is 117 Å². The summed E-state index contributed by atoms with van der Waals surface area (Å²) in [4.78, 5) is 0. The molecule has 0 aromatic heterocycles. The highest BCUT2D eigenvalue weighted by atomic mass is 79.9. The molecule has 0 spiro atoms. The SMILES string of the molecule is CC(C)NCC(C)(C)COc1cc(F)ccc1Br. The lowest BCUT2D eigenvalue weighted by Crippen LogP contribution is -2.37. The van der Waals surface area contributed by atoms with Crippen LogP contribution in [0.25, 0.3) is 0 Å². The van der Waals surface area contributed by atoms with Gasteiger partial charge in [0.1, 0.15) is 11.6 Å². The highest BCUT2D eigenvalue weighted by Gasteiger charge is 2.19. The Kier molecular flexibility index (Phi) is 5.60. The van der Waals surface area contributed by atoms with E-state index in [-0.39, 0.29) is 11.2 Å². The van der Waals surface area contributed by atoms with Crippen LogP contribution in [0.15, 0.2) is 22.7 Å². The molecule has 0 aliphatic rings. The number of rotatable bonds is 6. The average molecular weight is 318 g/mol. The smallest absolute Gasteiger partial charge is 0.136 e. The standard InChI is InChI=1S/C14H21BrFNO/c1-10(2)17-8-14(3,4)9-18-13-7-11(16)5-6-12(13)15/h5-7,10,17H,8-9H2,1-4H3. The Balaban J connectivity index is 2.55. The molecule has 1 aromatic carbocycles. The number of hydrogen-bond acceptors (Lipinski definition) is 2. The number of halogens is 2. The molecule has 1 N–H and O–H groups in total. The fourth-order valence-electron chi connectivity index (χ4n) is 1.39. The largest absolute Gasteiger partial charge is 0.492 e. The summed E-state index contributed by atoms with van der Waals surface area (Å²) in [5.41, 5.74) is -0.00394. The van der Waals surface area contributed by atoms with E-state index in [2.05, 4.69) is 48.9 Å². The van der Waals surface area contributed by atoms with E-state index in [1.807, 2.05) is 0 Å². The van der Waals surface area contributed by atoms with Gasteiger partial charge >= 0.3 is 0 Å². The molecule has 0 radical (unpaired) electrons. The lowest BCUT2D eigenvalue weighted by Gasteiger charge is -2.26. The summed E-state index contributed by atoms with van der Waals surface area (Å²) in [6, 6.07) is 4.91. The lowest BCUT2D eigenvalue weighted by molar-refractivity contribution is 0.172. The van der Waals surface area contributed by atoms with Gasteiger partial charge in [-0.2, -0.15) is 0 Å². The van der Waals surface area contributed by atoms with Crippen LogP contribution in [0.5, 0.6) is 5.75 Å².